The lowest BCUT2D eigenvalue weighted by Crippen LogP contribution is -2.36. The molecule has 0 bridgehead atoms. The van der Waals surface area contributed by atoms with E-state index in [1.165, 1.54) is 22.3 Å². The monoisotopic (exact) mass is 373 g/mol. The quantitative estimate of drug-likeness (QED) is 0.708. The van der Waals surface area contributed by atoms with Gasteiger partial charge in [0.1, 0.15) is 5.82 Å². The number of aromatic nitrogens is 3. The summed E-state index contributed by atoms with van der Waals surface area (Å²) in [5.41, 5.74) is 8.16. The number of hydrogen-bond donors (Lipinski definition) is 0. The van der Waals surface area contributed by atoms with Gasteiger partial charge in [0.15, 0.2) is 0 Å². The molecule has 1 saturated heterocycles. The lowest BCUT2D eigenvalue weighted by atomic mass is 9.96. The Morgan fingerprint density at radius 3 is 2.64 bits per heavy atom. The number of pyridine rings is 1. The number of benzene rings is 1. The molecule has 2 aliphatic rings. The van der Waals surface area contributed by atoms with Crippen LogP contribution in [-0.2, 0) is 18.3 Å². The average molecular weight is 373 g/mol. The van der Waals surface area contributed by atoms with Gasteiger partial charge in [-0.15, -0.1) is 0 Å². The number of aliphatic imine (C=N–C) groups is 1. The van der Waals surface area contributed by atoms with Crippen molar-refractivity contribution in [3.8, 4) is 11.1 Å². The number of morpholine rings is 1. The van der Waals surface area contributed by atoms with E-state index in [1.807, 2.05) is 24.1 Å². The van der Waals surface area contributed by atoms with Gasteiger partial charge in [-0.25, -0.2) is 4.98 Å². The summed E-state index contributed by atoms with van der Waals surface area (Å²) in [5.74, 6) is 0.996. The lowest BCUT2D eigenvalue weighted by Gasteiger charge is -2.28. The molecule has 3 aromatic rings. The van der Waals surface area contributed by atoms with Gasteiger partial charge in [-0.2, -0.15) is 5.10 Å². The van der Waals surface area contributed by atoms with Gasteiger partial charge in [-0.3, -0.25) is 9.67 Å². The van der Waals surface area contributed by atoms with E-state index >= 15 is 0 Å². The normalized spacial score (nSPS) is 16.2. The van der Waals surface area contributed by atoms with Crippen molar-refractivity contribution in [3.05, 3.63) is 65.1 Å². The molecular formula is C22H23N5O. The van der Waals surface area contributed by atoms with Gasteiger partial charge >= 0.3 is 0 Å². The highest BCUT2D eigenvalue weighted by molar-refractivity contribution is 6.15. The summed E-state index contributed by atoms with van der Waals surface area (Å²) in [6.07, 6.45) is 3.82. The van der Waals surface area contributed by atoms with E-state index in [2.05, 4.69) is 52.2 Å². The van der Waals surface area contributed by atoms with Crippen LogP contribution in [0.2, 0.25) is 0 Å². The second-order valence-corrected chi connectivity index (χ2v) is 7.31. The molecule has 5 rings (SSSR count). The van der Waals surface area contributed by atoms with Gasteiger partial charge in [-0.1, -0.05) is 12.1 Å². The fraction of sp³-hybridized carbons (Fsp3) is 0.318. The molecule has 0 saturated carbocycles. The molecule has 2 aliphatic heterocycles. The zero-order chi connectivity index (χ0) is 19.1. The SMILES string of the molecule is Cc1c(-c2ccc3c(c2)C(c2ccnc(N4CCOCC4)c2)=NC3)cnn1C. The van der Waals surface area contributed by atoms with Crippen LogP contribution in [0.5, 0.6) is 0 Å². The molecule has 4 heterocycles. The van der Waals surface area contributed by atoms with Crippen LogP contribution in [0.25, 0.3) is 11.1 Å². The Morgan fingerprint density at radius 2 is 1.86 bits per heavy atom. The number of ether oxygens (including phenoxy) is 1. The molecule has 0 radical (unpaired) electrons. The smallest absolute Gasteiger partial charge is 0.129 e. The Kier molecular flexibility index (Phi) is 4.20. The van der Waals surface area contributed by atoms with Crippen LogP contribution in [0.3, 0.4) is 0 Å². The highest BCUT2D eigenvalue weighted by atomic mass is 16.5. The minimum absolute atomic E-state index is 0.728. The maximum absolute atomic E-state index is 5.46. The number of anilines is 1. The van der Waals surface area contributed by atoms with Crippen LogP contribution in [0.4, 0.5) is 5.82 Å². The third-order valence-corrected chi connectivity index (χ3v) is 5.67. The first kappa shape index (κ1) is 17.1. The molecule has 0 aliphatic carbocycles. The van der Waals surface area contributed by atoms with Gasteiger partial charge < -0.3 is 9.64 Å². The predicted octanol–water partition coefficient (Wildman–Crippen LogP) is 2.98. The molecule has 142 valence electrons. The first-order valence-electron chi connectivity index (χ1n) is 9.66. The Labute approximate surface area is 164 Å². The molecule has 1 fully saturated rings. The van der Waals surface area contributed by atoms with Gasteiger partial charge in [0.2, 0.25) is 0 Å². The zero-order valence-corrected chi connectivity index (χ0v) is 16.2. The van der Waals surface area contributed by atoms with Crippen molar-refractivity contribution < 1.29 is 4.74 Å². The topological polar surface area (TPSA) is 55.5 Å². The molecule has 2 aromatic heterocycles. The molecule has 0 spiro atoms. The number of aryl methyl sites for hydroxylation is 1. The minimum Gasteiger partial charge on any atom is -0.378 e. The van der Waals surface area contributed by atoms with Crippen molar-refractivity contribution in [2.24, 2.45) is 12.0 Å². The Morgan fingerprint density at radius 1 is 1.00 bits per heavy atom. The van der Waals surface area contributed by atoms with E-state index in [0.717, 1.165) is 55.6 Å². The van der Waals surface area contributed by atoms with Crippen LogP contribution < -0.4 is 4.90 Å². The Bertz CT molecular complexity index is 1060. The Balaban J connectivity index is 1.51. The van der Waals surface area contributed by atoms with Crippen molar-refractivity contribution in [2.45, 2.75) is 13.5 Å². The Hall–Kier alpha value is -2.99. The number of hydrogen-bond acceptors (Lipinski definition) is 5. The number of nitrogens with zero attached hydrogens (tertiary/aromatic N) is 5. The van der Waals surface area contributed by atoms with E-state index in [0.29, 0.717) is 0 Å². The van der Waals surface area contributed by atoms with Crippen molar-refractivity contribution in [1.82, 2.24) is 14.8 Å². The standard InChI is InChI=1S/C22H23N5O/c1-15-20(14-25-26(15)2)16-3-4-18-13-24-22(19(18)11-16)17-5-6-23-21(12-17)27-7-9-28-10-8-27/h3-6,11-12,14H,7-10,13H2,1-2H3. The molecule has 0 amide bonds. The first-order chi connectivity index (χ1) is 13.7. The molecule has 0 atom stereocenters. The van der Waals surface area contributed by atoms with Crippen molar-refractivity contribution in [3.63, 3.8) is 0 Å². The largest absolute Gasteiger partial charge is 0.378 e. The number of fused-ring (bicyclic) bond motifs is 1. The van der Waals surface area contributed by atoms with E-state index in [4.69, 9.17) is 9.73 Å². The molecule has 28 heavy (non-hydrogen) atoms. The van der Waals surface area contributed by atoms with Crippen LogP contribution in [0.15, 0.2) is 47.7 Å². The second-order valence-electron chi connectivity index (χ2n) is 7.31. The van der Waals surface area contributed by atoms with Gasteiger partial charge in [0, 0.05) is 48.7 Å². The van der Waals surface area contributed by atoms with E-state index < -0.39 is 0 Å². The van der Waals surface area contributed by atoms with Gasteiger partial charge in [0.05, 0.1) is 31.7 Å². The zero-order valence-electron chi connectivity index (χ0n) is 16.2. The molecule has 6 nitrogen and oxygen atoms in total. The second kappa shape index (κ2) is 6.87. The molecule has 6 heteroatoms. The highest BCUT2D eigenvalue weighted by Gasteiger charge is 2.21. The summed E-state index contributed by atoms with van der Waals surface area (Å²) >= 11 is 0. The molecule has 0 N–H and O–H groups in total. The average Bonchev–Trinajstić information content (AvgIpc) is 3.32. The van der Waals surface area contributed by atoms with Gasteiger partial charge in [-0.05, 0) is 36.2 Å². The van der Waals surface area contributed by atoms with Crippen LogP contribution in [-0.4, -0.2) is 46.8 Å². The van der Waals surface area contributed by atoms with Crippen LogP contribution >= 0.6 is 0 Å². The van der Waals surface area contributed by atoms with Crippen LogP contribution in [0.1, 0.15) is 22.4 Å². The summed E-state index contributed by atoms with van der Waals surface area (Å²) < 4.78 is 7.38. The number of rotatable bonds is 3. The fourth-order valence-corrected chi connectivity index (χ4v) is 3.91. The van der Waals surface area contributed by atoms with E-state index in [9.17, 15) is 0 Å². The van der Waals surface area contributed by atoms with Gasteiger partial charge in [0.25, 0.3) is 0 Å². The summed E-state index contributed by atoms with van der Waals surface area (Å²) in [7, 11) is 1.98. The summed E-state index contributed by atoms with van der Waals surface area (Å²) in [4.78, 5) is 11.7. The summed E-state index contributed by atoms with van der Waals surface area (Å²) in [6, 6.07) is 10.8. The predicted molar refractivity (Wildman–Crippen MR) is 110 cm³/mol. The summed E-state index contributed by atoms with van der Waals surface area (Å²) in [5, 5.41) is 4.39. The van der Waals surface area contributed by atoms with E-state index in [1.54, 1.807) is 0 Å². The fourth-order valence-electron chi connectivity index (χ4n) is 3.91. The van der Waals surface area contributed by atoms with Crippen LogP contribution in [0, 0.1) is 6.92 Å². The maximum Gasteiger partial charge on any atom is 0.129 e. The molecule has 0 unspecified atom stereocenters. The van der Waals surface area contributed by atoms with Crippen molar-refractivity contribution >= 4 is 11.5 Å². The van der Waals surface area contributed by atoms with Crippen molar-refractivity contribution in [1.29, 1.82) is 0 Å². The third-order valence-electron chi connectivity index (χ3n) is 5.67. The highest BCUT2D eigenvalue weighted by Crippen LogP contribution is 2.30. The maximum atomic E-state index is 5.46. The first-order valence-corrected chi connectivity index (χ1v) is 9.66. The molecular weight excluding hydrogens is 350 g/mol. The lowest BCUT2D eigenvalue weighted by molar-refractivity contribution is 0.122. The van der Waals surface area contributed by atoms with E-state index in [-0.39, 0.29) is 0 Å². The van der Waals surface area contributed by atoms with Crippen molar-refractivity contribution in [2.75, 3.05) is 31.2 Å². The summed E-state index contributed by atoms with van der Waals surface area (Å²) in [6.45, 7) is 6.09. The third kappa shape index (κ3) is 2.90. The minimum atomic E-state index is 0.728. The molecule has 1 aromatic carbocycles.